The van der Waals surface area contributed by atoms with Crippen LogP contribution >= 0.6 is 23.2 Å². The van der Waals surface area contributed by atoms with Gasteiger partial charge in [-0.15, -0.1) is 0 Å². The number of hydrogen-bond acceptors (Lipinski definition) is 5. The molecule has 0 aliphatic rings. The van der Waals surface area contributed by atoms with Crippen molar-refractivity contribution in [2.45, 2.75) is 11.4 Å². The van der Waals surface area contributed by atoms with Crippen molar-refractivity contribution >= 4 is 44.8 Å². The molecule has 3 rings (SSSR count). The zero-order chi connectivity index (χ0) is 24.0. The fourth-order valence-electron chi connectivity index (χ4n) is 3.06. The fraction of sp³-hybridized carbons (Fsp3) is 0.174. The summed E-state index contributed by atoms with van der Waals surface area (Å²) in [6, 6.07) is 17.5. The van der Waals surface area contributed by atoms with Crippen molar-refractivity contribution in [1.29, 1.82) is 0 Å². The molecule has 0 unspecified atom stereocenters. The summed E-state index contributed by atoms with van der Waals surface area (Å²) in [6.45, 7) is -0.320. The summed E-state index contributed by atoms with van der Waals surface area (Å²) in [4.78, 5) is 12.7. The van der Waals surface area contributed by atoms with E-state index in [1.807, 2.05) is 0 Å². The molecule has 0 spiro atoms. The molecule has 3 aromatic carbocycles. The van der Waals surface area contributed by atoms with Gasteiger partial charge in [-0.25, -0.2) is 8.42 Å². The zero-order valence-electron chi connectivity index (χ0n) is 17.9. The monoisotopic (exact) mass is 508 g/mol. The van der Waals surface area contributed by atoms with Gasteiger partial charge < -0.3 is 14.8 Å². The lowest BCUT2D eigenvalue weighted by Crippen LogP contribution is -2.40. The highest BCUT2D eigenvalue weighted by atomic mass is 35.5. The predicted octanol–water partition coefficient (Wildman–Crippen LogP) is 4.52. The Labute approximate surface area is 202 Å². The highest BCUT2D eigenvalue weighted by Crippen LogP contribution is 2.32. The number of benzene rings is 3. The molecule has 0 fully saturated rings. The van der Waals surface area contributed by atoms with E-state index < -0.39 is 22.5 Å². The summed E-state index contributed by atoms with van der Waals surface area (Å²) >= 11 is 12.1. The number of carbonyl (C=O) groups is 1. The van der Waals surface area contributed by atoms with Crippen molar-refractivity contribution in [3.05, 3.63) is 82.3 Å². The minimum atomic E-state index is -4.11. The summed E-state index contributed by atoms with van der Waals surface area (Å²) in [6.07, 6.45) is 0. The van der Waals surface area contributed by atoms with Crippen LogP contribution in [0.4, 0.5) is 5.69 Å². The minimum absolute atomic E-state index is 0.0439. The van der Waals surface area contributed by atoms with E-state index >= 15 is 0 Å². The molecule has 3 aromatic rings. The Kier molecular flexibility index (Phi) is 8.07. The maximum Gasteiger partial charge on any atom is 0.264 e. The van der Waals surface area contributed by atoms with E-state index in [9.17, 15) is 13.2 Å². The van der Waals surface area contributed by atoms with Gasteiger partial charge in [0.2, 0.25) is 5.91 Å². The third-order valence-electron chi connectivity index (χ3n) is 4.77. The molecule has 0 radical (unpaired) electrons. The number of hydrogen-bond donors (Lipinski definition) is 1. The average molecular weight is 509 g/mol. The summed E-state index contributed by atoms with van der Waals surface area (Å²) in [5.41, 5.74) is 0.996. The Morgan fingerprint density at radius 2 is 1.64 bits per heavy atom. The molecule has 0 saturated heterocycles. The maximum atomic E-state index is 13.5. The third kappa shape index (κ3) is 5.90. The third-order valence-corrected chi connectivity index (χ3v) is 7.12. The number of methoxy groups -OCH3 is 2. The van der Waals surface area contributed by atoms with E-state index in [-0.39, 0.29) is 17.2 Å². The van der Waals surface area contributed by atoms with Gasteiger partial charge in [0.05, 0.1) is 24.8 Å². The second kappa shape index (κ2) is 10.8. The molecule has 0 aliphatic heterocycles. The number of rotatable bonds is 9. The summed E-state index contributed by atoms with van der Waals surface area (Å²) < 4.78 is 38.5. The van der Waals surface area contributed by atoms with Crippen molar-refractivity contribution in [2.24, 2.45) is 0 Å². The molecule has 0 aromatic heterocycles. The molecule has 10 heteroatoms. The van der Waals surface area contributed by atoms with Crippen LogP contribution in [0.25, 0.3) is 0 Å². The van der Waals surface area contributed by atoms with Crippen LogP contribution < -0.4 is 19.1 Å². The number of sulfonamides is 1. The first kappa shape index (κ1) is 24.7. The van der Waals surface area contributed by atoms with Gasteiger partial charge in [-0.3, -0.25) is 9.10 Å². The Morgan fingerprint density at radius 3 is 2.27 bits per heavy atom. The van der Waals surface area contributed by atoms with Crippen LogP contribution in [0.15, 0.2) is 71.6 Å². The number of nitrogens with zero attached hydrogens (tertiary/aromatic N) is 1. The van der Waals surface area contributed by atoms with E-state index in [4.69, 9.17) is 32.7 Å². The topological polar surface area (TPSA) is 84.9 Å². The van der Waals surface area contributed by atoms with Crippen LogP contribution in [0.1, 0.15) is 5.56 Å². The summed E-state index contributed by atoms with van der Waals surface area (Å²) in [7, 11) is -1.24. The summed E-state index contributed by atoms with van der Waals surface area (Å²) in [5.74, 6) is 0.141. The smallest absolute Gasteiger partial charge is 0.264 e. The first-order valence-corrected chi connectivity index (χ1v) is 12.0. The van der Waals surface area contributed by atoms with Gasteiger partial charge in [-0.05, 0) is 42.0 Å². The number of para-hydroxylation sites is 1. The van der Waals surface area contributed by atoms with E-state index in [2.05, 4.69) is 5.32 Å². The standard InChI is InChI=1S/C23H22Cl2N2O5S/c1-31-21-11-10-19(13-22(21)32-2)33(29,30)27(18-6-4-3-5-7-18)15-23(28)26-14-16-8-9-17(24)12-20(16)25/h3-13H,14-15H2,1-2H3,(H,26,28). The molecule has 0 aliphatic carbocycles. The summed E-state index contributed by atoms with van der Waals surface area (Å²) in [5, 5.41) is 3.59. The second-order valence-electron chi connectivity index (χ2n) is 6.88. The number of anilines is 1. The number of nitrogens with one attached hydrogen (secondary N) is 1. The number of carbonyl (C=O) groups excluding carboxylic acids is 1. The highest BCUT2D eigenvalue weighted by molar-refractivity contribution is 7.92. The highest BCUT2D eigenvalue weighted by Gasteiger charge is 2.28. The molecule has 33 heavy (non-hydrogen) atoms. The molecule has 0 heterocycles. The van der Waals surface area contributed by atoms with E-state index in [1.54, 1.807) is 48.5 Å². The Bertz CT molecular complexity index is 1240. The van der Waals surface area contributed by atoms with Crippen molar-refractivity contribution in [3.63, 3.8) is 0 Å². The van der Waals surface area contributed by atoms with Crippen LogP contribution in [-0.2, 0) is 21.4 Å². The van der Waals surface area contributed by atoms with Gasteiger partial charge in [0.25, 0.3) is 10.0 Å². The fourth-order valence-corrected chi connectivity index (χ4v) is 4.97. The van der Waals surface area contributed by atoms with E-state index in [1.165, 1.54) is 32.4 Å². The lowest BCUT2D eigenvalue weighted by molar-refractivity contribution is -0.119. The molecule has 1 N–H and O–H groups in total. The largest absolute Gasteiger partial charge is 0.493 e. The van der Waals surface area contributed by atoms with Crippen LogP contribution in [0.2, 0.25) is 10.0 Å². The van der Waals surface area contributed by atoms with Gasteiger partial charge in [-0.2, -0.15) is 0 Å². The average Bonchev–Trinajstić information content (AvgIpc) is 2.81. The first-order chi connectivity index (χ1) is 15.8. The first-order valence-electron chi connectivity index (χ1n) is 9.76. The van der Waals surface area contributed by atoms with Crippen molar-refractivity contribution in [1.82, 2.24) is 5.32 Å². The normalized spacial score (nSPS) is 11.0. The van der Waals surface area contributed by atoms with Crippen LogP contribution in [0.3, 0.4) is 0 Å². The van der Waals surface area contributed by atoms with E-state index in [0.29, 0.717) is 27.0 Å². The quantitative estimate of drug-likeness (QED) is 0.459. The molecule has 0 bridgehead atoms. The molecule has 1 amide bonds. The van der Waals surface area contributed by atoms with Crippen LogP contribution in [0.5, 0.6) is 11.5 Å². The van der Waals surface area contributed by atoms with Gasteiger partial charge in [0.15, 0.2) is 11.5 Å². The Hall–Kier alpha value is -2.94. The maximum absolute atomic E-state index is 13.5. The zero-order valence-corrected chi connectivity index (χ0v) is 20.2. The van der Waals surface area contributed by atoms with Gasteiger partial charge in [-0.1, -0.05) is 47.5 Å². The van der Waals surface area contributed by atoms with Gasteiger partial charge >= 0.3 is 0 Å². The van der Waals surface area contributed by atoms with Crippen molar-refractivity contribution in [3.8, 4) is 11.5 Å². The number of ether oxygens (including phenoxy) is 2. The van der Waals surface area contributed by atoms with Gasteiger partial charge in [0.1, 0.15) is 6.54 Å². The second-order valence-corrected chi connectivity index (χ2v) is 9.58. The number of halogens is 2. The molecule has 0 saturated carbocycles. The molecular formula is C23H22Cl2N2O5S. The molecule has 174 valence electrons. The van der Waals surface area contributed by atoms with Crippen LogP contribution in [0, 0.1) is 0 Å². The molecule has 0 atom stereocenters. The Morgan fingerprint density at radius 1 is 0.939 bits per heavy atom. The number of amides is 1. The lowest BCUT2D eigenvalue weighted by atomic mass is 10.2. The molecular weight excluding hydrogens is 487 g/mol. The van der Waals surface area contributed by atoms with Gasteiger partial charge in [0, 0.05) is 22.7 Å². The SMILES string of the molecule is COc1ccc(S(=O)(=O)N(CC(=O)NCc2ccc(Cl)cc2Cl)c2ccccc2)cc1OC. The molecule has 7 nitrogen and oxygen atoms in total. The minimum Gasteiger partial charge on any atom is -0.493 e. The predicted molar refractivity (Wildman–Crippen MR) is 129 cm³/mol. The van der Waals surface area contributed by atoms with Crippen molar-refractivity contribution < 1.29 is 22.7 Å². The Balaban J connectivity index is 1.88. The lowest BCUT2D eigenvalue weighted by Gasteiger charge is -2.24. The van der Waals surface area contributed by atoms with Crippen LogP contribution in [-0.4, -0.2) is 35.1 Å². The van der Waals surface area contributed by atoms with Crippen molar-refractivity contribution in [2.75, 3.05) is 25.1 Å². The van der Waals surface area contributed by atoms with E-state index in [0.717, 1.165) is 4.31 Å².